The highest BCUT2D eigenvalue weighted by Gasteiger charge is 2.21. The van der Waals surface area contributed by atoms with E-state index in [9.17, 15) is 4.79 Å². The number of aldehydes is 1. The molecule has 0 amide bonds. The molecule has 0 N–H and O–H groups in total. The average Bonchev–Trinajstić information content (AvgIpc) is 2.40. The maximum atomic E-state index is 10.4. The SMILES string of the molecule is O=CC[C@H]1CC[C@@H](OCc2ccccc2)CC1. The van der Waals surface area contributed by atoms with Crippen LogP contribution in [0.2, 0.25) is 0 Å². The van der Waals surface area contributed by atoms with Gasteiger partial charge in [0.25, 0.3) is 0 Å². The smallest absolute Gasteiger partial charge is 0.120 e. The van der Waals surface area contributed by atoms with Crippen molar-refractivity contribution in [2.24, 2.45) is 5.92 Å². The van der Waals surface area contributed by atoms with E-state index in [1.807, 2.05) is 18.2 Å². The Kier molecular flexibility index (Phi) is 4.75. The van der Waals surface area contributed by atoms with Gasteiger partial charge in [0.1, 0.15) is 6.29 Å². The summed E-state index contributed by atoms with van der Waals surface area (Å²) in [5, 5.41) is 0. The lowest BCUT2D eigenvalue weighted by atomic mass is 9.86. The molecule has 2 nitrogen and oxygen atoms in total. The molecule has 2 rings (SSSR count). The van der Waals surface area contributed by atoms with Gasteiger partial charge in [-0.25, -0.2) is 0 Å². The van der Waals surface area contributed by atoms with Crippen LogP contribution < -0.4 is 0 Å². The maximum absolute atomic E-state index is 10.4. The van der Waals surface area contributed by atoms with Crippen molar-refractivity contribution in [3.05, 3.63) is 35.9 Å². The first-order valence-electron chi connectivity index (χ1n) is 6.47. The molecular weight excluding hydrogens is 212 g/mol. The molecule has 92 valence electrons. The van der Waals surface area contributed by atoms with Gasteiger partial charge in [-0.2, -0.15) is 0 Å². The zero-order valence-electron chi connectivity index (χ0n) is 10.2. The number of rotatable bonds is 5. The molecule has 1 aliphatic carbocycles. The van der Waals surface area contributed by atoms with Gasteiger partial charge >= 0.3 is 0 Å². The Morgan fingerprint density at radius 3 is 2.47 bits per heavy atom. The lowest BCUT2D eigenvalue weighted by Crippen LogP contribution is -2.21. The third-order valence-electron chi connectivity index (χ3n) is 3.55. The molecule has 0 aromatic heterocycles. The average molecular weight is 232 g/mol. The van der Waals surface area contributed by atoms with Crippen LogP contribution in [0, 0.1) is 5.92 Å². The number of hydrogen-bond acceptors (Lipinski definition) is 2. The Balaban J connectivity index is 1.70. The largest absolute Gasteiger partial charge is 0.374 e. The van der Waals surface area contributed by atoms with E-state index in [1.54, 1.807) is 0 Å². The van der Waals surface area contributed by atoms with E-state index in [0.717, 1.165) is 38.4 Å². The van der Waals surface area contributed by atoms with Crippen molar-refractivity contribution in [1.82, 2.24) is 0 Å². The molecule has 0 unspecified atom stereocenters. The quantitative estimate of drug-likeness (QED) is 0.728. The minimum absolute atomic E-state index is 0.387. The maximum Gasteiger partial charge on any atom is 0.120 e. The van der Waals surface area contributed by atoms with Crippen LogP contribution in [0.25, 0.3) is 0 Å². The Labute approximate surface area is 103 Å². The summed E-state index contributed by atoms with van der Waals surface area (Å²) in [6.07, 6.45) is 6.65. The van der Waals surface area contributed by atoms with Crippen LogP contribution in [-0.4, -0.2) is 12.4 Å². The van der Waals surface area contributed by atoms with E-state index < -0.39 is 0 Å². The zero-order chi connectivity index (χ0) is 11.9. The number of ether oxygens (including phenoxy) is 1. The zero-order valence-corrected chi connectivity index (χ0v) is 10.2. The van der Waals surface area contributed by atoms with Crippen molar-refractivity contribution in [3.63, 3.8) is 0 Å². The first-order chi connectivity index (χ1) is 8.38. The normalized spacial score (nSPS) is 24.5. The number of hydrogen-bond donors (Lipinski definition) is 0. The second kappa shape index (κ2) is 6.55. The fourth-order valence-corrected chi connectivity index (χ4v) is 2.46. The summed E-state index contributed by atoms with van der Waals surface area (Å²) in [6, 6.07) is 10.3. The van der Waals surface area contributed by atoms with Gasteiger partial charge in [-0.3, -0.25) is 0 Å². The van der Waals surface area contributed by atoms with Crippen molar-refractivity contribution < 1.29 is 9.53 Å². The first-order valence-corrected chi connectivity index (χ1v) is 6.47. The van der Waals surface area contributed by atoms with E-state index in [1.165, 1.54) is 5.56 Å². The standard InChI is InChI=1S/C15H20O2/c16-11-10-13-6-8-15(9-7-13)17-12-14-4-2-1-3-5-14/h1-5,11,13,15H,6-10,12H2/t13-,15+. The second-order valence-electron chi connectivity index (χ2n) is 4.84. The Morgan fingerprint density at radius 1 is 1.12 bits per heavy atom. The van der Waals surface area contributed by atoms with Crippen LogP contribution in [0.1, 0.15) is 37.7 Å². The third kappa shape index (κ3) is 3.97. The Hall–Kier alpha value is -1.15. The van der Waals surface area contributed by atoms with Gasteiger partial charge in [-0.15, -0.1) is 0 Å². The van der Waals surface area contributed by atoms with Crippen molar-refractivity contribution in [1.29, 1.82) is 0 Å². The van der Waals surface area contributed by atoms with Gasteiger partial charge in [-0.05, 0) is 37.2 Å². The first kappa shape index (κ1) is 12.3. The summed E-state index contributed by atoms with van der Waals surface area (Å²) in [5.74, 6) is 0.601. The van der Waals surface area contributed by atoms with Crippen LogP contribution in [0.4, 0.5) is 0 Å². The van der Waals surface area contributed by atoms with Crippen molar-refractivity contribution in [3.8, 4) is 0 Å². The molecule has 1 aromatic rings. The van der Waals surface area contributed by atoms with Crippen LogP contribution in [0.3, 0.4) is 0 Å². The number of carbonyl (C=O) groups is 1. The molecule has 1 fully saturated rings. The molecule has 2 heteroatoms. The summed E-state index contributed by atoms with van der Waals surface area (Å²) >= 11 is 0. The topological polar surface area (TPSA) is 26.3 Å². The van der Waals surface area contributed by atoms with Gasteiger partial charge in [0.2, 0.25) is 0 Å². The minimum atomic E-state index is 0.387. The van der Waals surface area contributed by atoms with E-state index in [4.69, 9.17) is 4.74 Å². The lowest BCUT2D eigenvalue weighted by molar-refractivity contribution is -0.109. The molecule has 1 saturated carbocycles. The van der Waals surface area contributed by atoms with Crippen LogP contribution in [-0.2, 0) is 16.1 Å². The van der Waals surface area contributed by atoms with Gasteiger partial charge in [0.15, 0.2) is 0 Å². The molecule has 1 aliphatic rings. The monoisotopic (exact) mass is 232 g/mol. The summed E-state index contributed by atoms with van der Waals surface area (Å²) < 4.78 is 5.91. The highest BCUT2D eigenvalue weighted by Crippen LogP contribution is 2.28. The molecule has 0 atom stereocenters. The molecule has 0 spiro atoms. The molecule has 0 aliphatic heterocycles. The van der Waals surface area contributed by atoms with E-state index in [0.29, 0.717) is 18.6 Å². The van der Waals surface area contributed by atoms with Gasteiger partial charge < -0.3 is 9.53 Å². The van der Waals surface area contributed by atoms with Gasteiger partial charge in [0, 0.05) is 6.42 Å². The highest BCUT2D eigenvalue weighted by atomic mass is 16.5. The molecule has 0 heterocycles. The van der Waals surface area contributed by atoms with E-state index in [-0.39, 0.29) is 0 Å². The Bertz CT molecular complexity index is 326. The lowest BCUT2D eigenvalue weighted by Gasteiger charge is -2.27. The van der Waals surface area contributed by atoms with Crippen LogP contribution in [0.5, 0.6) is 0 Å². The molecule has 0 bridgehead atoms. The predicted molar refractivity (Wildman–Crippen MR) is 67.7 cm³/mol. The predicted octanol–water partition coefficient (Wildman–Crippen LogP) is 3.35. The van der Waals surface area contributed by atoms with Crippen molar-refractivity contribution >= 4 is 6.29 Å². The number of carbonyl (C=O) groups excluding carboxylic acids is 1. The van der Waals surface area contributed by atoms with E-state index in [2.05, 4.69) is 12.1 Å². The highest BCUT2D eigenvalue weighted by molar-refractivity contribution is 5.49. The molecule has 0 saturated heterocycles. The molecule has 1 aromatic carbocycles. The Morgan fingerprint density at radius 2 is 1.82 bits per heavy atom. The molecule has 0 radical (unpaired) electrons. The van der Waals surface area contributed by atoms with Crippen LogP contribution >= 0.6 is 0 Å². The van der Waals surface area contributed by atoms with Crippen molar-refractivity contribution in [2.45, 2.75) is 44.8 Å². The summed E-state index contributed by atoms with van der Waals surface area (Å²) in [7, 11) is 0. The fraction of sp³-hybridized carbons (Fsp3) is 0.533. The molecular formula is C15H20O2. The summed E-state index contributed by atoms with van der Waals surface area (Å²) in [4.78, 5) is 10.4. The third-order valence-corrected chi connectivity index (χ3v) is 3.55. The minimum Gasteiger partial charge on any atom is -0.374 e. The molecule has 17 heavy (non-hydrogen) atoms. The summed E-state index contributed by atoms with van der Waals surface area (Å²) in [6.45, 7) is 0.712. The summed E-state index contributed by atoms with van der Waals surface area (Å²) in [5.41, 5.74) is 1.24. The fourth-order valence-electron chi connectivity index (χ4n) is 2.46. The van der Waals surface area contributed by atoms with Gasteiger partial charge in [0.05, 0.1) is 12.7 Å². The second-order valence-corrected chi connectivity index (χ2v) is 4.84. The van der Waals surface area contributed by atoms with Crippen molar-refractivity contribution in [2.75, 3.05) is 0 Å². The van der Waals surface area contributed by atoms with E-state index >= 15 is 0 Å². The van der Waals surface area contributed by atoms with Gasteiger partial charge in [-0.1, -0.05) is 30.3 Å². The van der Waals surface area contributed by atoms with Crippen LogP contribution in [0.15, 0.2) is 30.3 Å². The number of benzene rings is 1.